The molecule has 1 heterocycles. The zero-order chi connectivity index (χ0) is 17.3. The fourth-order valence-corrected chi connectivity index (χ4v) is 2.88. The van der Waals surface area contributed by atoms with Gasteiger partial charge in [-0.2, -0.15) is 0 Å². The van der Waals surface area contributed by atoms with E-state index in [0.29, 0.717) is 11.5 Å². The van der Waals surface area contributed by atoms with Gasteiger partial charge in [-0.15, -0.1) is 0 Å². The highest BCUT2D eigenvalue weighted by Gasteiger charge is 2.46. The maximum absolute atomic E-state index is 13.2. The van der Waals surface area contributed by atoms with Crippen LogP contribution in [0.3, 0.4) is 0 Å². The number of esters is 1. The molecule has 1 aromatic carbocycles. The number of hydrogen-bond acceptors (Lipinski definition) is 4. The van der Waals surface area contributed by atoms with Gasteiger partial charge in [-0.25, -0.2) is 4.79 Å². The fourth-order valence-electron chi connectivity index (χ4n) is 2.88. The van der Waals surface area contributed by atoms with E-state index < -0.39 is 11.5 Å². The molecule has 3 rings (SSSR count). The largest absolute Gasteiger partial charge is 0.476 e. The minimum absolute atomic E-state index is 0.0762. The first kappa shape index (κ1) is 16.6. The first-order chi connectivity index (χ1) is 11.5. The molecule has 0 radical (unpaired) electrons. The summed E-state index contributed by atoms with van der Waals surface area (Å²) in [5.74, 6) is 0.482. The summed E-state index contributed by atoms with van der Waals surface area (Å²) in [6.07, 6.45) is 2.08. The summed E-state index contributed by atoms with van der Waals surface area (Å²) in [5, 5.41) is 0. The summed E-state index contributed by atoms with van der Waals surface area (Å²) < 4.78 is 11.1. The van der Waals surface area contributed by atoms with E-state index >= 15 is 0 Å². The van der Waals surface area contributed by atoms with Crippen molar-refractivity contribution in [2.45, 2.75) is 39.2 Å². The first-order valence-corrected chi connectivity index (χ1v) is 8.38. The second-order valence-electron chi connectivity index (χ2n) is 6.67. The normalized spacial score (nSPS) is 18.5. The zero-order valence-electron chi connectivity index (χ0n) is 14.4. The van der Waals surface area contributed by atoms with Gasteiger partial charge in [-0.3, -0.25) is 9.69 Å². The summed E-state index contributed by atoms with van der Waals surface area (Å²) in [4.78, 5) is 27.0. The Morgan fingerprint density at radius 3 is 2.54 bits per heavy atom. The van der Waals surface area contributed by atoms with Gasteiger partial charge in [-0.1, -0.05) is 30.3 Å². The number of rotatable bonds is 5. The molecule has 2 aliphatic rings. The Hall–Kier alpha value is -2.30. The van der Waals surface area contributed by atoms with Crippen molar-refractivity contribution in [3.8, 4) is 0 Å². The van der Waals surface area contributed by atoms with Crippen molar-refractivity contribution in [2.75, 3.05) is 13.3 Å². The Labute approximate surface area is 142 Å². The molecule has 1 aromatic rings. The van der Waals surface area contributed by atoms with E-state index in [0.717, 1.165) is 24.2 Å². The molecule has 1 saturated carbocycles. The van der Waals surface area contributed by atoms with Gasteiger partial charge >= 0.3 is 5.97 Å². The second-order valence-corrected chi connectivity index (χ2v) is 6.67. The van der Waals surface area contributed by atoms with Gasteiger partial charge in [0, 0.05) is 5.92 Å². The third-order valence-electron chi connectivity index (χ3n) is 4.51. The highest BCUT2D eigenvalue weighted by Crippen LogP contribution is 2.43. The van der Waals surface area contributed by atoms with E-state index in [1.54, 1.807) is 20.8 Å². The average Bonchev–Trinajstić information content (AvgIpc) is 3.40. The molecule has 0 aromatic heterocycles. The van der Waals surface area contributed by atoms with Crippen LogP contribution in [0.1, 0.15) is 39.2 Å². The van der Waals surface area contributed by atoms with Crippen LogP contribution in [-0.4, -0.2) is 35.7 Å². The van der Waals surface area contributed by atoms with E-state index in [1.807, 2.05) is 30.3 Å². The average molecular weight is 329 g/mol. The molecule has 0 atom stereocenters. The van der Waals surface area contributed by atoms with E-state index in [9.17, 15) is 9.59 Å². The summed E-state index contributed by atoms with van der Waals surface area (Å²) in [5.41, 5.74) is 0.317. The molecule has 1 aliphatic carbocycles. The van der Waals surface area contributed by atoms with Crippen LogP contribution in [0.4, 0.5) is 0 Å². The Kier molecular flexibility index (Phi) is 4.35. The maximum Gasteiger partial charge on any atom is 0.331 e. The van der Waals surface area contributed by atoms with Crippen LogP contribution in [0, 0.1) is 5.92 Å². The zero-order valence-corrected chi connectivity index (χ0v) is 14.4. The Morgan fingerprint density at radius 1 is 1.29 bits per heavy atom. The lowest BCUT2D eigenvalue weighted by molar-refractivity contribution is -0.165. The fraction of sp³-hybridized carbons (Fsp3) is 0.474. The van der Waals surface area contributed by atoms with Crippen LogP contribution in [-0.2, 0) is 19.1 Å². The molecule has 128 valence electrons. The summed E-state index contributed by atoms with van der Waals surface area (Å²) in [6, 6.07) is 9.51. The smallest absolute Gasteiger partial charge is 0.331 e. The quantitative estimate of drug-likeness (QED) is 0.779. The molecule has 24 heavy (non-hydrogen) atoms. The number of amides is 1. The van der Waals surface area contributed by atoms with Crippen molar-refractivity contribution in [2.24, 2.45) is 5.92 Å². The van der Waals surface area contributed by atoms with Crippen molar-refractivity contribution in [1.29, 1.82) is 0 Å². The lowest BCUT2D eigenvalue weighted by Crippen LogP contribution is -2.56. The van der Waals surface area contributed by atoms with Crippen LogP contribution in [0.15, 0.2) is 36.1 Å². The topological polar surface area (TPSA) is 55.8 Å². The van der Waals surface area contributed by atoms with Crippen LogP contribution in [0.25, 0.3) is 5.57 Å². The van der Waals surface area contributed by atoms with Gasteiger partial charge in [0.05, 0.1) is 12.2 Å². The summed E-state index contributed by atoms with van der Waals surface area (Å²) >= 11 is 0. The molecule has 0 unspecified atom stereocenters. The number of carbonyl (C=O) groups excluding carboxylic acids is 2. The van der Waals surface area contributed by atoms with Crippen molar-refractivity contribution in [3.63, 3.8) is 0 Å². The van der Waals surface area contributed by atoms with E-state index in [1.165, 1.54) is 4.90 Å². The van der Waals surface area contributed by atoms with Crippen LogP contribution >= 0.6 is 0 Å². The SMILES string of the molecule is CCOC(=O)C(C)(C)N1COC(C2CC2)=C(c2ccccc2)C1=O. The van der Waals surface area contributed by atoms with Crippen molar-refractivity contribution < 1.29 is 19.1 Å². The standard InChI is InChI=1S/C19H23NO4/c1-4-23-18(22)19(2,3)20-12-24-16(14-10-11-14)15(17(20)21)13-8-6-5-7-9-13/h5-9,14H,4,10-12H2,1-3H3. The molecular formula is C19H23NO4. The molecule has 1 aliphatic heterocycles. The van der Waals surface area contributed by atoms with Gasteiger partial charge in [0.1, 0.15) is 11.3 Å². The summed E-state index contributed by atoms with van der Waals surface area (Å²) in [7, 11) is 0. The predicted molar refractivity (Wildman–Crippen MR) is 89.6 cm³/mol. The maximum atomic E-state index is 13.2. The second kappa shape index (κ2) is 6.30. The van der Waals surface area contributed by atoms with E-state index in [4.69, 9.17) is 9.47 Å². The molecule has 0 spiro atoms. The third kappa shape index (κ3) is 2.90. The summed E-state index contributed by atoms with van der Waals surface area (Å²) in [6.45, 7) is 5.49. The van der Waals surface area contributed by atoms with Gasteiger partial charge in [0.15, 0.2) is 6.73 Å². The lowest BCUT2D eigenvalue weighted by atomic mass is 9.96. The van der Waals surface area contributed by atoms with Gasteiger partial charge in [-0.05, 0) is 39.2 Å². The first-order valence-electron chi connectivity index (χ1n) is 8.38. The number of nitrogens with zero attached hydrogens (tertiary/aromatic N) is 1. The van der Waals surface area contributed by atoms with Crippen molar-refractivity contribution in [1.82, 2.24) is 4.90 Å². The van der Waals surface area contributed by atoms with Crippen molar-refractivity contribution in [3.05, 3.63) is 41.7 Å². The van der Waals surface area contributed by atoms with Crippen molar-refractivity contribution >= 4 is 17.4 Å². The van der Waals surface area contributed by atoms with E-state index in [2.05, 4.69) is 0 Å². The predicted octanol–water partition coefficient (Wildman–Crippen LogP) is 2.97. The number of ether oxygens (including phenoxy) is 2. The molecule has 0 saturated heterocycles. The number of benzene rings is 1. The Bertz CT molecular complexity index is 674. The molecule has 5 nitrogen and oxygen atoms in total. The highest BCUT2D eigenvalue weighted by atomic mass is 16.5. The van der Waals surface area contributed by atoms with Gasteiger partial charge in [0.25, 0.3) is 5.91 Å². The van der Waals surface area contributed by atoms with Crippen LogP contribution in [0.5, 0.6) is 0 Å². The monoisotopic (exact) mass is 329 g/mol. The number of hydrogen-bond donors (Lipinski definition) is 0. The molecule has 0 N–H and O–H groups in total. The minimum Gasteiger partial charge on any atom is -0.476 e. The molecule has 5 heteroatoms. The third-order valence-corrected chi connectivity index (χ3v) is 4.51. The Morgan fingerprint density at radius 2 is 1.96 bits per heavy atom. The molecule has 1 amide bonds. The van der Waals surface area contributed by atoms with Crippen LogP contribution < -0.4 is 0 Å². The highest BCUT2D eigenvalue weighted by molar-refractivity contribution is 6.21. The Balaban J connectivity index is 1.98. The number of carbonyl (C=O) groups is 2. The molecular weight excluding hydrogens is 306 g/mol. The van der Waals surface area contributed by atoms with E-state index in [-0.39, 0.29) is 19.2 Å². The minimum atomic E-state index is -1.08. The molecule has 0 bridgehead atoms. The van der Waals surface area contributed by atoms with Gasteiger partial charge < -0.3 is 9.47 Å². The lowest BCUT2D eigenvalue weighted by Gasteiger charge is -2.40. The van der Waals surface area contributed by atoms with Gasteiger partial charge in [0.2, 0.25) is 0 Å². The molecule has 1 fully saturated rings. The van der Waals surface area contributed by atoms with Crippen LogP contribution in [0.2, 0.25) is 0 Å². The number of allylic oxidation sites excluding steroid dienone is 1.